The molecule has 4 atom stereocenters. The highest BCUT2D eigenvalue weighted by Crippen LogP contribution is 2.42. The molecular formula is C32H36F7NO5. The van der Waals surface area contributed by atoms with Crippen molar-refractivity contribution in [2.24, 2.45) is 0 Å². The number of amides is 1. The highest BCUT2D eigenvalue weighted by molar-refractivity contribution is 5.82. The van der Waals surface area contributed by atoms with Crippen LogP contribution in [0, 0.1) is 5.82 Å². The van der Waals surface area contributed by atoms with Gasteiger partial charge in [0.15, 0.2) is 0 Å². The second-order valence-electron chi connectivity index (χ2n) is 12.7. The number of benzene rings is 2. The number of ether oxygens (including phenoxy) is 3. The Kier molecular flexibility index (Phi) is 10.4. The van der Waals surface area contributed by atoms with Gasteiger partial charge in [0.2, 0.25) is 0 Å². The smallest absolute Gasteiger partial charge is 0.416 e. The van der Waals surface area contributed by atoms with Crippen LogP contribution in [0.1, 0.15) is 82.7 Å². The second-order valence-corrected chi connectivity index (χ2v) is 12.7. The molecule has 2 aromatic rings. The summed E-state index contributed by atoms with van der Waals surface area (Å²) in [6.45, 7) is 10.9. The SMILES string of the molecule is C[C@@H](O[C@H]1CN(C(=O)OC(C)(C)C)[C@@H](/C=C/C(=O)OC(C)(C)C)[C@@H]1c1ccc(F)cc1)c1cc(C(F)(F)F)cc(C(F)(F)F)c1. The van der Waals surface area contributed by atoms with Crippen molar-refractivity contribution in [3.8, 4) is 0 Å². The highest BCUT2D eigenvalue weighted by atomic mass is 19.4. The number of hydrogen-bond acceptors (Lipinski definition) is 5. The number of nitrogens with zero attached hydrogens (tertiary/aromatic N) is 1. The summed E-state index contributed by atoms with van der Waals surface area (Å²) in [7, 11) is 0. The van der Waals surface area contributed by atoms with Crippen LogP contribution >= 0.6 is 0 Å². The van der Waals surface area contributed by atoms with Gasteiger partial charge in [-0.25, -0.2) is 14.0 Å². The monoisotopic (exact) mass is 647 g/mol. The molecule has 1 saturated heterocycles. The van der Waals surface area contributed by atoms with E-state index in [0.29, 0.717) is 17.7 Å². The number of carbonyl (C=O) groups is 2. The van der Waals surface area contributed by atoms with Gasteiger partial charge in [0.05, 0.1) is 35.9 Å². The normalized spacial score (nSPS) is 20.4. The zero-order valence-electron chi connectivity index (χ0n) is 25.8. The van der Waals surface area contributed by atoms with Gasteiger partial charge in [0.25, 0.3) is 0 Å². The Morgan fingerprint density at radius 3 is 1.82 bits per heavy atom. The van der Waals surface area contributed by atoms with Gasteiger partial charge in [0.1, 0.15) is 17.0 Å². The van der Waals surface area contributed by atoms with Crippen molar-refractivity contribution in [3.05, 3.63) is 82.7 Å². The van der Waals surface area contributed by atoms with E-state index in [9.17, 15) is 40.3 Å². The van der Waals surface area contributed by atoms with Gasteiger partial charge in [-0.2, -0.15) is 26.3 Å². The van der Waals surface area contributed by atoms with E-state index in [1.54, 1.807) is 41.5 Å². The van der Waals surface area contributed by atoms with E-state index < -0.39 is 82.3 Å². The maximum atomic E-state index is 13.9. The molecule has 2 aromatic carbocycles. The van der Waals surface area contributed by atoms with Gasteiger partial charge >= 0.3 is 24.4 Å². The van der Waals surface area contributed by atoms with Crippen LogP contribution in [-0.4, -0.2) is 46.9 Å². The van der Waals surface area contributed by atoms with Crippen molar-refractivity contribution in [2.45, 2.75) is 96.2 Å². The number of hydrogen-bond donors (Lipinski definition) is 0. The maximum absolute atomic E-state index is 13.9. The van der Waals surface area contributed by atoms with Gasteiger partial charge in [-0.05, 0) is 89.9 Å². The molecule has 1 fully saturated rings. The first-order chi connectivity index (χ1) is 20.4. The third-order valence-electron chi connectivity index (χ3n) is 6.68. The Labute approximate surface area is 257 Å². The Hall–Kier alpha value is -3.61. The highest BCUT2D eigenvalue weighted by Gasteiger charge is 2.47. The third-order valence-corrected chi connectivity index (χ3v) is 6.68. The lowest BCUT2D eigenvalue weighted by molar-refractivity contribution is -0.148. The zero-order chi connectivity index (χ0) is 34.1. The lowest BCUT2D eigenvalue weighted by atomic mass is 9.89. The van der Waals surface area contributed by atoms with Crippen molar-refractivity contribution < 1.29 is 54.5 Å². The predicted octanol–water partition coefficient (Wildman–Crippen LogP) is 8.61. The number of alkyl halides is 6. The molecule has 0 unspecified atom stereocenters. The molecule has 45 heavy (non-hydrogen) atoms. The fraction of sp³-hybridized carbons (Fsp3) is 0.500. The minimum absolute atomic E-state index is 0.0227. The Morgan fingerprint density at radius 2 is 1.36 bits per heavy atom. The summed E-state index contributed by atoms with van der Waals surface area (Å²) in [5, 5.41) is 0. The van der Waals surface area contributed by atoms with Crippen molar-refractivity contribution >= 4 is 12.1 Å². The molecule has 0 aromatic heterocycles. The Morgan fingerprint density at radius 1 is 0.844 bits per heavy atom. The van der Waals surface area contributed by atoms with E-state index in [-0.39, 0.29) is 12.6 Å². The molecule has 0 radical (unpaired) electrons. The molecule has 13 heteroatoms. The number of halogens is 7. The van der Waals surface area contributed by atoms with Crippen LogP contribution < -0.4 is 0 Å². The van der Waals surface area contributed by atoms with E-state index in [0.717, 1.165) is 18.2 Å². The van der Waals surface area contributed by atoms with Gasteiger partial charge in [-0.3, -0.25) is 4.90 Å². The molecule has 0 aliphatic carbocycles. The second kappa shape index (κ2) is 13.0. The molecule has 1 heterocycles. The topological polar surface area (TPSA) is 65.1 Å². The van der Waals surface area contributed by atoms with E-state index in [4.69, 9.17) is 14.2 Å². The van der Waals surface area contributed by atoms with Crippen LogP contribution in [0.4, 0.5) is 35.5 Å². The van der Waals surface area contributed by atoms with Crippen molar-refractivity contribution in [1.29, 1.82) is 0 Å². The largest absolute Gasteiger partial charge is 0.457 e. The zero-order valence-corrected chi connectivity index (χ0v) is 25.8. The number of carbonyl (C=O) groups excluding carboxylic acids is 2. The lowest BCUT2D eigenvalue weighted by Crippen LogP contribution is -2.40. The first-order valence-corrected chi connectivity index (χ1v) is 14.1. The first kappa shape index (κ1) is 35.9. The summed E-state index contributed by atoms with van der Waals surface area (Å²) in [5.74, 6) is -2.16. The molecule has 248 valence electrons. The van der Waals surface area contributed by atoms with E-state index >= 15 is 0 Å². The average Bonchev–Trinajstić information content (AvgIpc) is 3.22. The summed E-state index contributed by atoms with van der Waals surface area (Å²) < 4.78 is 112. The average molecular weight is 648 g/mol. The van der Waals surface area contributed by atoms with Crippen LogP contribution in [-0.2, 0) is 31.4 Å². The fourth-order valence-electron chi connectivity index (χ4n) is 4.88. The Bertz CT molecular complexity index is 1360. The van der Waals surface area contributed by atoms with Gasteiger partial charge in [-0.1, -0.05) is 18.2 Å². The molecule has 0 N–H and O–H groups in total. The molecule has 0 spiro atoms. The van der Waals surface area contributed by atoms with Crippen LogP contribution in [0.3, 0.4) is 0 Å². The minimum atomic E-state index is -5.06. The van der Waals surface area contributed by atoms with E-state index in [1.807, 2.05) is 0 Å². The summed E-state index contributed by atoms with van der Waals surface area (Å²) in [5.41, 5.74) is -4.75. The first-order valence-electron chi connectivity index (χ1n) is 14.1. The fourth-order valence-corrected chi connectivity index (χ4v) is 4.88. The number of likely N-dealkylation sites (tertiary alicyclic amines) is 1. The molecule has 6 nitrogen and oxygen atoms in total. The summed E-state index contributed by atoms with van der Waals surface area (Å²) in [6.07, 6.45) is -10.8. The quantitative estimate of drug-likeness (QED) is 0.179. The minimum Gasteiger partial charge on any atom is -0.457 e. The Balaban J connectivity index is 2.10. The maximum Gasteiger partial charge on any atom is 0.416 e. The molecule has 1 aliphatic heterocycles. The number of rotatable bonds is 6. The van der Waals surface area contributed by atoms with Gasteiger partial charge in [-0.15, -0.1) is 0 Å². The summed E-state index contributed by atoms with van der Waals surface area (Å²) in [6, 6.07) is 5.35. The molecule has 1 aliphatic rings. The van der Waals surface area contributed by atoms with Gasteiger partial charge in [0, 0.05) is 12.0 Å². The lowest BCUT2D eigenvalue weighted by Gasteiger charge is -2.29. The molecular weight excluding hydrogens is 611 g/mol. The van der Waals surface area contributed by atoms with E-state index in [1.165, 1.54) is 30.0 Å². The van der Waals surface area contributed by atoms with Crippen LogP contribution in [0.2, 0.25) is 0 Å². The standard InChI is InChI=1S/C32H36F7NO5/c1-18(20-14-21(31(34,35)36)16-22(15-20)32(37,38)39)43-25-17-40(28(42)45-30(5,6)7)24(12-13-26(41)44-29(2,3)4)27(25)19-8-10-23(33)11-9-19/h8-16,18,24-25,27H,17H2,1-7H3/b13-12+/t18-,24+,25+,27+/m1/s1. The summed E-state index contributed by atoms with van der Waals surface area (Å²) >= 11 is 0. The predicted molar refractivity (Wildman–Crippen MR) is 151 cm³/mol. The molecule has 0 saturated carbocycles. The molecule has 1 amide bonds. The molecule has 3 rings (SSSR count). The van der Waals surface area contributed by atoms with Crippen molar-refractivity contribution in [1.82, 2.24) is 4.90 Å². The third kappa shape index (κ3) is 9.94. The van der Waals surface area contributed by atoms with Crippen molar-refractivity contribution in [2.75, 3.05) is 6.54 Å². The van der Waals surface area contributed by atoms with Crippen molar-refractivity contribution in [3.63, 3.8) is 0 Å². The van der Waals surface area contributed by atoms with Crippen LogP contribution in [0.5, 0.6) is 0 Å². The van der Waals surface area contributed by atoms with Gasteiger partial charge < -0.3 is 14.2 Å². The summed E-state index contributed by atoms with van der Waals surface area (Å²) in [4.78, 5) is 27.2. The van der Waals surface area contributed by atoms with E-state index in [2.05, 4.69) is 0 Å². The number of esters is 1. The van der Waals surface area contributed by atoms with Crippen LogP contribution in [0.25, 0.3) is 0 Å². The molecule has 0 bridgehead atoms. The van der Waals surface area contributed by atoms with Crippen LogP contribution in [0.15, 0.2) is 54.6 Å².